The third-order valence-corrected chi connectivity index (χ3v) is 4.21. The van der Waals surface area contributed by atoms with Crippen molar-refractivity contribution in [3.8, 4) is 0 Å². The summed E-state index contributed by atoms with van der Waals surface area (Å²) in [5.41, 5.74) is 1.72. The van der Waals surface area contributed by atoms with Gasteiger partial charge in [0.15, 0.2) is 0 Å². The molecule has 0 saturated heterocycles. The van der Waals surface area contributed by atoms with Gasteiger partial charge in [-0.25, -0.2) is 0 Å². The SMILES string of the molecule is O=C(O)C1(NCC(c2ccccc2)c2ccccc2)CC1. The highest BCUT2D eigenvalue weighted by Gasteiger charge is 2.50. The van der Waals surface area contributed by atoms with Crippen molar-refractivity contribution >= 4 is 5.97 Å². The summed E-state index contributed by atoms with van der Waals surface area (Å²) < 4.78 is 0. The lowest BCUT2D eigenvalue weighted by Crippen LogP contribution is -2.41. The second-order valence-electron chi connectivity index (χ2n) is 5.64. The molecule has 0 atom stereocenters. The summed E-state index contributed by atoms with van der Waals surface area (Å²) in [6.45, 7) is 0.639. The number of hydrogen-bond donors (Lipinski definition) is 2. The Kier molecular flexibility index (Phi) is 3.76. The van der Waals surface area contributed by atoms with Crippen LogP contribution in [0.1, 0.15) is 29.9 Å². The minimum atomic E-state index is -0.734. The maximum Gasteiger partial charge on any atom is 0.323 e. The van der Waals surface area contributed by atoms with Crippen molar-refractivity contribution in [3.05, 3.63) is 71.8 Å². The van der Waals surface area contributed by atoms with E-state index in [1.54, 1.807) is 0 Å². The van der Waals surface area contributed by atoms with E-state index in [2.05, 4.69) is 29.6 Å². The van der Waals surface area contributed by atoms with Gasteiger partial charge in [0.1, 0.15) is 5.54 Å². The molecule has 3 rings (SSSR count). The molecule has 108 valence electrons. The second-order valence-corrected chi connectivity index (χ2v) is 5.64. The molecular weight excluding hydrogens is 262 g/mol. The Labute approximate surface area is 124 Å². The third-order valence-electron chi connectivity index (χ3n) is 4.21. The van der Waals surface area contributed by atoms with Gasteiger partial charge in [-0.1, -0.05) is 60.7 Å². The number of rotatable bonds is 6. The molecule has 21 heavy (non-hydrogen) atoms. The van der Waals surface area contributed by atoms with Crippen molar-refractivity contribution in [2.24, 2.45) is 0 Å². The average Bonchev–Trinajstić information content (AvgIpc) is 3.31. The number of hydrogen-bond acceptors (Lipinski definition) is 2. The summed E-state index contributed by atoms with van der Waals surface area (Å²) in [6.07, 6.45) is 1.44. The van der Waals surface area contributed by atoms with Gasteiger partial charge in [-0.2, -0.15) is 0 Å². The number of aliphatic carboxylic acids is 1. The van der Waals surface area contributed by atoms with E-state index in [0.29, 0.717) is 6.54 Å². The molecule has 2 aromatic carbocycles. The second kappa shape index (κ2) is 5.70. The molecule has 1 aliphatic carbocycles. The Bertz CT molecular complexity index is 566. The number of carboxylic acids is 1. The highest BCUT2D eigenvalue weighted by atomic mass is 16.4. The van der Waals surface area contributed by atoms with E-state index in [0.717, 1.165) is 12.8 Å². The number of carboxylic acid groups (broad SMARTS) is 1. The van der Waals surface area contributed by atoms with Gasteiger partial charge in [-0.3, -0.25) is 4.79 Å². The van der Waals surface area contributed by atoms with Gasteiger partial charge in [0, 0.05) is 12.5 Å². The molecule has 0 aromatic heterocycles. The van der Waals surface area contributed by atoms with E-state index in [-0.39, 0.29) is 5.92 Å². The van der Waals surface area contributed by atoms with Crippen LogP contribution < -0.4 is 5.32 Å². The standard InChI is InChI=1S/C18H19NO2/c20-17(21)18(11-12-18)19-13-16(14-7-3-1-4-8-14)15-9-5-2-6-10-15/h1-10,16,19H,11-13H2,(H,20,21). The van der Waals surface area contributed by atoms with Crippen LogP contribution >= 0.6 is 0 Å². The first-order valence-corrected chi connectivity index (χ1v) is 7.30. The topological polar surface area (TPSA) is 49.3 Å². The first kappa shape index (κ1) is 13.8. The Balaban J connectivity index is 1.82. The van der Waals surface area contributed by atoms with E-state index in [1.165, 1.54) is 11.1 Å². The predicted octanol–water partition coefficient (Wildman–Crippen LogP) is 3.03. The molecule has 2 aromatic rings. The maximum atomic E-state index is 11.3. The highest BCUT2D eigenvalue weighted by molar-refractivity contribution is 5.82. The van der Waals surface area contributed by atoms with Gasteiger partial charge in [0.2, 0.25) is 0 Å². The minimum Gasteiger partial charge on any atom is -0.480 e. The fourth-order valence-corrected chi connectivity index (χ4v) is 2.69. The van der Waals surface area contributed by atoms with E-state index >= 15 is 0 Å². The fourth-order valence-electron chi connectivity index (χ4n) is 2.69. The van der Waals surface area contributed by atoms with Gasteiger partial charge in [-0.15, -0.1) is 0 Å². The Morgan fingerprint density at radius 3 is 1.86 bits per heavy atom. The lowest BCUT2D eigenvalue weighted by Gasteiger charge is -2.21. The van der Waals surface area contributed by atoms with Crippen molar-refractivity contribution in [1.82, 2.24) is 5.32 Å². The Morgan fingerprint density at radius 1 is 1.00 bits per heavy atom. The summed E-state index contributed by atoms with van der Waals surface area (Å²) in [6, 6.07) is 20.5. The lowest BCUT2D eigenvalue weighted by molar-refractivity contribution is -0.140. The molecule has 0 unspecified atom stereocenters. The van der Waals surface area contributed by atoms with E-state index in [4.69, 9.17) is 0 Å². The van der Waals surface area contributed by atoms with Gasteiger partial charge in [0.05, 0.1) is 0 Å². The van der Waals surface area contributed by atoms with Crippen LogP contribution in [0.2, 0.25) is 0 Å². The fraction of sp³-hybridized carbons (Fsp3) is 0.278. The van der Waals surface area contributed by atoms with Crippen LogP contribution in [0.15, 0.2) is 60.7 Å². The minimum absolute atomic E-state index is 0.171. The highest BCUT2D eigenvalue weighted by Crippen LogP contribution is 2.36. The van der Waals surface area contributed by atoms with Crippen LogP contribution in [0.4, 0.5) is 0 Å². The summed E-state index contributed by atoms with van der Waals surface area (Å²) in [5, 5.41) is 12.6. The number of carbonyl (C=O) groups is 1. The molecule has 0 amide bonds. The number of benzene rings is 2. The van der Waals surface area contributed by atoms with Gasteiger partial charge in [-0.05, 0) is 24.0 Å². The molecule has 3 heteroatoms. The zero-order chi connectivity index (χ0) is 14.7. The van der Waals surface area contributed by atoms with Gasteiger partial charge in [0.25, 0.3) is 0 Å². The summed E-state index contributed by atoms with van der Waals surface area (Å²) in [5.74, 6) is -0.563. The maximum absolute atomic E-state index is 11.3. The van der Waals surface area contributed by atoms with Crippen LogP contribution in [0.3, 0.4) is 0 Å². The average molecular weight is 281 g/mol. The van der Waals surface area contributed by atoms with Crippen LogP contribution in [-0.2, 0) is 4.79 Å². The lowest BCUT2D eigenvalue weighted by atomic mass is 9.91. The Morgan fingerprint density at radius 2 is 1.48 bits per heavy atom. The van der Waals surface area contributed by atoms with Crippen molar-refractivity contribution in [3.63, 3.8) is 0 Å². The third kappa shape index (κ3) is 2.98. The molecular formula is C18H19NO2. The largest absolute Gasteiger partial charge is 0.480 e. The van der Waals surface area contributed by atoms with Gasteiger partial charge < -0.3 is 10.4 Å². The summed E-state index contributed by atoms with van der Waals surface area (Å²) in [7, 11) is 0. The normalized spacial score (nSPS) is 15.9. The van der Waals surface area contributed by atoms with Crippen LogP contribution in [0, 0.1) is 0 Å². The monoisotopic (exact) mass is 281 g/mol. The first-order chi connectivity index (χ1) is 10.2. The van der Waals surface area contributed by atoms with Crippen molar-refractivity contribution in [2.45, 2.75) is 24.3 Å². The van der Waals surface area contributed by atoms with Crippen LogP contribution in [-0.4, -0.2) is 23.2 Å². The number of nitrogens with one attached hydrogen (secondary N) is 1. The van der Waals surface area contributed by atoms with Crippen LogP contribution in [0.5, 0.6) is 0 Å². The molecule has 0 aliphatic heterocycles. The van der Waals surface area contributed by atoms with E-state index in [1.807, 2.05) is 36.4 Å². The Hall–Kier alpha value is -2.13. The first-order valence-electron chi connectivity index (χ1n) is 7.30. The summed E-state index contributed by atoms with van der Waals surface area (Å²) in [4.78, 5) is 11.3. The molecule has 1 saturated carbocycles. The van der Waals surface area contributed by atoms with E-state index < -0.39 is 11.5 Å². The molecule has 0 heterocycles. The smallest absolute Gasteiger partial charge is 0.323 e. The van der Waals surface area contributed by atoms with Crippen molar-refractivity contribution in [1.29, 1.82) is 0 Å². The molecule has 3 nitrogen and oxygen atoms in total. The molecule has 2 N–H and O–H groups in total. The molecule has 1 aliphatic rings. The molecule has 1 fully saturated rings. The van der Waals surface area contributed by atoms with E-state index in [9.17, 15) is 9.90 Å². The van der Waals surface area contributed by atoms with Crippen molar-refractivity contribution < 1.29 is 9.90 Å². The zero-order valence-corrected chi connectivity index (χ0v) is 11.8. The predicted molar refractivity (Wildman–Crippen MR) is 82.3 cm³/mol. The summed E-state index contributed by atoms with van der Waals surface area (Å²) >= 11 is 0. The van der Waals surface area contributed by atoms with Gasteiger partial charge >= 0.3 is 5.97 Å². The zero-order valence-electron chi connectivity index (χ0n) is 11.8. The van der Waals surface area contributed by atoms with Crippen molar-refractivity contribution in [2.75, 3.05) is 6.54 Å². The molecule has 0 radical (unpaired) electrons. The quantitative estimate of drug-likeness (QED) is 0.855. The molecule has 0 spiro atoms. The van der Waals surface area contributed by atoms with Crippen LogP contribution in [0.25, 0.3) is 0 Å². The molecule has 0 bridgehead atoms.